The van der Waals surface area contributed by atoms with E-state index in [0.717, 1.165) is 12.1 Å². The molecule has 1 amide bonds. The monoisotopic (exact) mass is 310 g/mol. The van der Waals surface area contributed by atoms with E-state index < -0.39 is 17.8 Å². The minimum Gasteiger partial charge on any atom is -0.453 e. The number of rotatable bonds is 3. The lowest BCUT2D eigenvalue weighted by atomic mass is 10.2. The summed E-state index contributed by atoms with van der Waals surface area (Å²) in [6.07, 6.45) is -4.93. The fourth-order valence-corrected chi connectivity index (χ4v) is 1.71. The molecule has 0 fully saturated rings. The van der Waals surface area contributed by atoms with Crippen LogP contribution in [0.15, 0.2) is 48.5 Å². The van der Waals surface area contributed by atoms with Crippen molar-refractivity contribution in [1.29, 1.82) is 0 Å². The van der Waals surface area contributed by atoms with Crippen LogP contribution in [-0.4, -0.2) is 13.2 Å². The van der Waals surface area contributed by atoms with Gasteiger partial charge in [0.05, 0.1) is 12.7 Å². The Hall–Kier alpha value is -2.70. The van der Waals surface area contributed by atoms with E-state index in [1.807, 2.05) is 0 Å². The molecule has 0 aliphatic rings. The number of halogens is 3. The molecule has 2 aromatic rings. The highest BCUT2D eigenvalue weighted by atomic mass is 19.4. The predicted molar refractivity (Wildman–Crippen MR) is 77.2 cm³/mol. The van der Waals surface area contributed by atoms with Gasteiger partial charge in [0.25, 0.3) is 0 Å². The average Bonchev–Trinajstić information content (AvgIpc) is 2.49. The van der Waals surface area contributed by atoms with Crippen molar-refractivity contribution >= 4 is 23.2 Å². The zero-order valence-electron chi connectivity index (χ0n) is 11.6. The summed E-state index contributed by atoms with van der Waals surface area (Å²) < 4.78 is 41.8. The fraction of sp³-hybridized carbons (Fsp3) is 0.133. The number of anilines is 3. The second-order valence-corrected chi connectivity index (χ2v) is 4.39. The molecule has 22 heavy (non-hydrogen) atoms. The van der Waals surface area contributed by atoms with Crippen LogP contribution in [0.5, 0.6) is 0 Å². The second-order valence-electron chi connectivity index (χ2n) is 4.39. The molecule has 2 N–H and O–H groups in total. The van der Waals surface area contributed by atoms with Gasteiger partial charge in [0.1, 0.15) is 0 Å². The van der Waals surface area contributed by atoms with E-state index in [-0.39, 0.29) is 0 Å². The molecular formula is C15H13F3N2O2. The summed E-state index contributed by atoms with van der Waals surface area (Å²) >= 11 is 0. The minimum absolute atomic E-state index is 0.529. The Bertz CT molecular complexity index is 637. The van der Waals surface area contributed by atoms with Crippen molar-refractivity contribution in [2.45, 2.75) is 6.18 Å². The van der Waals surface area contributed by atoms with Crippen LogP contribution in [0.3, 0.4) is 0 Å². The van der Waals surface area contributed by atoms with E-state index in [0.29, 0.717) is 17.1 Å². The Kier molecular flexibility index (Phi) is 4.55. The van der Waals surface area contributed by atoms with Crippen LogP contribution < -0.4 is 10.6 Å². The van der Waals surface area contributed by atoms with Crippen LogP contribution in [0.1, 0.15) is 5.56 Å². The second kappa shape index (κ2) is 6.38. The molecule has 2 rings (SSSR count). The molecule has 0 heterocycles. The van der Waals surface area contributed by atoms with Gasteiger partial charge in [0.2, 0.25) is 0 Å². The molecule has 4 nitrogen and oxygen atoms in total. The van der Waals surface area contributed by atoms with Gasteiger partial charge in [0.15, 0.2) is 0 Å². The first-order valence-corrected chi connectivity index (χ1v) is 6.28. The quantitative estimate of drug-likeness (QED) is 0.869. The lowest BCUT2D eigenvalue weighted by Crippen LogP contribution is -2.10. The molecule has 0 atom stereocenters. The predicted octanol–water partition coefficient (Wildman–Crippen LogP) is 4.63. The van der Waals surface area contributed by atoms with Crippen LogP contribution in [-0.2, 0) is 10.9 Å². The highest BCUT2D eigenvalue weighted by molar-refractivity contribution is 5.84. The van der Waals surface area contributed by atoms with Crippen molar-refractivity contribution in [1.82, 2.24) is 0 Å². The van der Waals surface area contributed by atoms with Crippen LogP contribution in [0, 0.1) is 0 Å². The van der Waals surface area contributed by atoms with Gasteiger partial charge in [-0.05, 0) is 48.5 Å². The number of benzene rings is 2. The first kappa shape index (κ1) is 15.7. The van der Waals surface area contributed by atoms with E-state index in [2.05, 4.69) is 15.4 Å². The van der Waals surface area contributed by atoms with Crippen molar-refractivity contribution in [3.8, 4) is 0 Å². The van der Waals surface area contributed by atoms with Crippen molar-refractivity contribution in [3.05, 3.63) is 54.1 Å². The smallest absolute Gasteiger partial charge is 0.416 e. The largest absolute Gasteiger partial charge is 0.453 e. The highest BCUT2D eigenvalue weighted by Crippen LogP contribution is 2.30. The highest BCUT2D eigenvalue weighted by Gasteiger charge is 2.29. The topological polar surface area (TPSA) is 50.4 Å². The fourth-order valence-electron chi connectivity index (χ4n) is 1.71. The summed E-state index contributed by atoms with van der Waals surface area (Å²) in [5.41, 5.74) is 1.05. The molecule has 0 aromatic heterocycles. The summed E-state index contributed by atoms with van der Waals surface area (Å²) in [4.78, 5) is 11.0. The van der Waals surface area contributed by atoms with Gasteiger partial charge in [0, 0.05) is 17.1 Å². The van der Waals surface area contributed by atoms with Gasteiger partial charge < -0.3 is 10.1 Å². The summed E-state index contributed by atoms with van der Waals surface area (Å²) in [5.74, 6) is 0. The first-order chi connectivity index (χ1) is 10.4. The van der Waals surface area contributed by atoms with Gasteiger partial charge in [-0.25, -0.2) is 4.79 Å². The van der Waals surface area contributed by atoms with E-state index in [9.17, 15) is 18.0 Å². The van der Waals surface area contributed by atoms with E-state index in [1.165, 1.54) is 19.2 Å². The normalized spacial score (nSPS) is 10.9. The molecule has 0 radical (unpaired) electrons. The Morgan fingerprint density at radius 3 is 1.82 bits per heavy atom. The molecule has 0 spiro atoms. The maximum atomic E-state index is 12.5. The molecule has 0 unspecified atom stereocenters. The van der Waals surface area contributed by atoms with Crippen molar-refractivity contribution in [3.63, 3.8) is 0 Å². The summed E-state index contributed by atoms with van der Waals surface area (Å²) in [6, 6.07) is 11.4. The Morgan fingerprint density at radius 2 is 1.36 bits per heavy atom. The molecular weight excluding hydrogens is 297 g/mol. The average molecular weight is 310 g/mol. The first-order valence-electron chi connectivity index (χ1n) is 6.28. The molecule has 0 aliphatic carbocycles. The maximum absolute atomic E-state index is 12.5. The van der Waals surface area contributed by atoms with Crippen molar-refractivity contribution in [2.24, 2.45) is 0 Å². The molecule has 116 valence electrons. The van der Waals surface area contributed by atoms with Gasteiger partial charge in [-0.15, -0.1) is 0 Å². The molecule has 7 heteroatoms. The number of hydrogen-bond donors (Lipinski definition) is 2. The molecule has 0 aliphatic heterocycles. The van der Waals surface area contributed by atoms with Crippen LogP contribution in [0.2, 0.25) is 0 Å². The number of hydrogen-bond acceptors (Lipinski definition) is 3. The van der Waals surface area contributed by atoms with Gasteiger partial charge >= 0.3 is 12.3 Å². The van der Waals surface area contributed by atoms with Gasteiger partial charge in [-0.1, -0.05) is 0 Å². The van der Waals surface area contributed by atoms with E-state index in [4.69, 9.17) is 0 Å². The molecule has 0 bridgehead atoms. The number of ether oxygens (including phenoxy) is 1. The van der Waals surface area contributed by atoms with Gasteiger partial charge in [-0.3, -0.25) is 5.32 Å². The van der Waals surface area contributed by atoms with Gasteiger partial charge in [-0.2, -0.15) is 13.2 Å². The third kappa shape index (κ3) is 4.15. The number of alkyl halides is 3. The standard InChI is InChI=1S/C15H13F3N2O2/c1-22-14(21)20-13-8-6-12(7-9-13)19-11-4-2-10(3-5-11)15(16,17)18/h2-9,19H,1H3,(H,20,21). The maximum Gasteiger partial charge on any atom is 0.416 e. The Morgan fingerprint density at radius 1 is 0.909 bits per heavy atom. The molecule has 0 saturated carbocycles. The number of carbonyl (C=O) groups excluding carboxylic acids is 1. The summed E-state index contributed by atoms with van der Waals surface area (Å²) in [6.45, 7) is 0. The van der Waals surface area contributed by atoms with Crippen molar-refractivity contribution in [2.75, 3.05) is 17.7 Å². The number of nitrogens with one attached hydrogen (secondary N) is 2. The lowest BCUT2D eigenvalue weighted by molar-refractivity contribution is -0.137. The third-order valence-electron chi connectivity index (χ3n) is 2.82. The van der Waals surface area contributed by atoms with Crippen molar-refractivity contribution < 1.29 is 22.7 Å². The number of carbonyl (C=O) groups is 1. The summed E-state index contributed by atoms with van der Waals surface area (Å²) in [5, 5.41) is 5.46. The number of amides is 1. The summed E-state index contributed by atoms with van der Waals surface area (Å²) in [7, 11) is 1.26. The minimum atomic E-state index is -4.35. The zero-order valence-corrected chi connectivity index (χ0v) is 11.6. The van der Waals surface area contributed by atoms with E-state index in [1.54, 1.807) is 24.3 Å². The number of methoxy groups -OCH3 is 1. The Labute approximate surface area is 124 Å². The Balaban J connectivity index is 2.03. The van der Waals surface area contributed by atoms with Crippen LogP contribution in [0.25, 0.3) is 0 Å². The zero-order chi connectivity index (χ0) is 16.2. The van der Waals surface area contributed by atoms with E-state index >= 15 is 0 Å². The molecule has 0 saturated heterocycles. The van der Waals surface area contributed by atoms with Crippen LogP contribution in [0.4, 0.5) is 35.0 Å². The lowest BCUT2D eigenvalue weighted by Gasteiger charge is -2.10. The van der Waals surface area contributed by atoms with Crippen LogP contribution >= 0.6 is 0 Å². The molecule has 2 aromatic carbocycles. The SMILES string of the molecule is COC(=O)Nc1ccc(Nc2ccc(C(F)(F)F)cc2)cc1. The third-order valence-corrected chi connectivity index (χ3v) is 2.82.